The second-order valence-corrected chi connectivity index (χ2v) is 8.50. The van der Waals surface area contributed by atoms with Gasteiger partial charge in [0.05, 0.1) is 18.4 Å². The summed E-state index contributed by atoms with van der Waals surface area (Å²) < 4.78 is 31.7. The van der Waals surface area contributed by atoms with Crippen LogP contribution in [0, 0.1) is 11.6 Å². The monoisotopic (exact) mass is 479 g/mol. The van der Waals surface area contributed by atoms with Gasteiger partial charge in [0.2, 0.25) is 0 Å². The van der Waals surface area contributed by atoms with Gasteiger partial charge in [-0.25, -0.2) is 8.78 Å². The van der Waals surface area contributed by atoms with Crippen LogP contribution in [0.3, 0.4) is 0 Å². The Labute approximate surface area is 202 Å². The van der Waals surface area contributed by atoms with Crippen molar-refractivity contribution >= 4 is 17.5 Å². The van der Waals surface area contributed by atoms with Crippen molar-refractivity contribution in [3.63, 3.8) is 0 Å². The lowest BCUT2D eigenvalue weighted by molar-refractivity contribution is 0.0909. The molecule has 2 N–H and O–H groups in total. The third-order valence-corrected chi connectivity index (χ3v) is 6.09. The predicted molar refractivity (Wildman–Crippen MR) is 130 cm³/mol. The Hall–Kier alpha value is -3.78. The summed E-state index contributed by atoms with van der Waals surface area (Å²) in [6, 6.07) is 17.5. The van der Waals surface area contributed by atoms with Crippen LogP contribution in [-0.4, -0.2) is 43.0 Å². The van der Waals surface area contributed by atoms with E-state index in [1.54, 1.807) is 61.7 Å². The van der Waals surface area contributed by atoms with Gasteiger partial charge in [-0.1, -0.05) is 18.2 Å². The highest BCUT2D eigenvalue weighted by atomic mass is 19.2. The zero-order chi connectivity index (χ0) is 24.8. The number of likely N-dealkylation sites (tertiary alicyclic amines) is 1. The predicted octanol–water partition coefficient (Wildman–Crippen LogP) is 4.62. The van der Waals surface area contributed by atoms with Crippen LogP contribution >= 0.6 is 0 Å². The van der Waals surface area contributed by atoms with Crippen molar-refractivity contribution in [2.24, 2.45) is 0 Å². The highest BCUT2D eigenvalue weighted by Gasteiger charge is 2.23. The number of benzene rings is 3. The molecule has 35 heavy (non-hydrogen) atoms. The minimum Gasteiger partial charge on any atom is -0.497 e. The van der Waals surface area contributed by atoms with E-state index in [4.69, 9.17) is 4.74 Å². The number of hydrogen-bond donors (Lipinski definition) is 2. The zero-order valence-corrected chi connectivity index (χ0v) is 19.4. The summed E-state index contributed by atoms with van der Waals surface area (Å²) in [5, 5.41) is 5.88. The second-order valence-electron chi connectivity index (χ2n) is 8.50. The number of piperidine rings is 1. The first kappa shape index (κ1) is 24.3. The van der Waals surface area contributed by atoms with Crippen molar-refractivity contribution in [3.05, 3.63) is 95.1 Å². The van der Waals surface area contributed by atoms with Crippen LogP contribution in [0.25, 0.3) is 0 Å². The third kappa shape index (κ3) is 6.22. The third-order valence-electron chi connectivity index (χ3n) is 6.09. The minimum atomic E-state index is -0.851. The first-order valence-corrected chi connectivity index (χ1v) is 11.4. The molecule has 0 unspecified atom stereocenters. The topological polar surface area (TPSA) is 70.7 Å². The van der Waals surface area contributed by atoms with Gasteiger partial charge in [0.1, 0.15) is 5.75 Å². The summed E-state index contributed by atoms with van der Waals surface area (Å²) in [7, 11) is 1.56. The Kier molecular flexibility index (Phi) is 7.72. The summed E-state index contributed by atoms with van der Waals surface area (Å²) in [5.41, 5.74) is 1.99. The van der Waals surface area contributed by atoms with Gasteiger partial charge in [-0.05, 0) is 66.9 Å². The van der Waals surface area contributed by atoms with E-state index in [1.807, 2.05) is 0 Å². The number of nitrogens with one attached hydrogen (secondary N) is 2. The molecule has 0 spiro atoms. The molecule has 0 aromatic heterocycles. The number of amides is 2. The molecule has 0 bridgehead atoms. The summed E-state index contributed by atoms with van der Waals surface area (Å²) in [4.78, 5) is 27.8. The lowest BCUT2D eigenvalue weighted by Gasteiger charge is -2.32. The number of para-hydroxylation sites is 1. The van der Waals surface area contributed by atoms with E-state index in [9.17, 15) is 18.4 Å². The number of rotatable bonds is 7. The molecule has 1 fully saturated rings. The minimum absolute atomic E-state index is 0.0194. The maximum absolute atomic E-state index is 13.5. The SMILES string of the molecule is COc1ccc(C(=O)Nc2ccccc2C(=O)NC2CCN(Cc3ccc(F)c(F)c3)CC2)cc1. The summed E-state index contributed by atoms with van der Waals surface area (Å²) >= 11 is 0. The Morgan fingerprint density at radius 2 is 1.66 bits per heavy atom. The molecule has 182 valence electrons. The molecule has 0 aliphatic carbocycles. The van der Waals surface area contributed by atoms with E-state index in [0.717, 1.165) is 32.0 Å². The molecule has 3 aromatic carbocycles. The summed E-state index contributed by atoms with van der Waals surface area (Å²) in [5.74, 6) is -1.62. The molecule has 1 aliphatic rings. The van der Waals surface area contributed by atoms with E-state index < -0.39 is 11.6 Å². The van der Waals surface area contributed by atoms with Gasteiger partial charge in [-0.2, -0.15) is 0 Å². The lowest BCUT2D eigenvalue weighted by Crippen LogP contribution is -2.44. The molecule has 0 saturated carbocycles. The van der Waals surface area contributed by atoms with Gasteiger partial charge in [0.15, 0.2) is 11.6 Å². The Morgan fingerprint density at radius 3 is 2.34 bits per heavy atom. The number of carbonyl (C=O) groups is 2. The molecule has 8 heteroatoms. The first-order chi connectivity index (χ1) is 16.9. The van der Waals surface area contributed by atoms with E-state index in [2.05, 4.69) is 15.5 Å². The van der Waals surface area contributed by atoms with Gasteiger partial charge in [0, 0.05) is 31.2 Å². The molecule has 2 amide bonds. The van der Waals surface area contributed by atoms with Gasteiger partial charge < -0.3 is 15.4 Å². The molecule has 1 saturated heterocycles. The normalized spacial score (nSPS) is 14.4. The fourth-order valence-electron chi connectivity index (χ4n) is 4.12. The van der Waals surface area contributed by atoms with E-state index >= 15 is 0 Å². The highest BCUT2D eigenvalue weighted by Crippen LogP contribution is 2.20. The van der Waals surface area contributed by atoms with Crippen LogP contribution in [0.2, 0.25) is 0 Å². The Balaban J connectivity index is 1.33. The van der Waals surface area contributed by atoms with Crippen molar-refractivity contribution in [2.45, 2.75) is 25.4 Å². The lowest BCUT2D eigenvalue weighted by atomic mass is 10.0. The molecule has 0 radical (unpaired) electrons. The van der Waals surface area contributed by atoms with Crippen molar-refractivity contribution in [1.29, 1.82) is 0 Å². The van der Waals surface area contributed by atoms with Crippen LogP contribution in [0.5, 0.6) is 5.75 Å². The standard InChI is InChI=1S/C27H27F2N3O3/c1-35-21-9-7-19(8-10-21)26(33)31-25-5-3-2-4-22(25)27(34)30-20-12-14-32(15-13-20)17-18-6-11-23(28)24(29)16-18/h2-11,16,20H,12-15,17H2,1H3,(H,30,34)(H,31,33). The first-order valence-electron chi connectivity index (χ1n) is 11.4. The van der Waals surface area contributed by atoms with E-state index in [0.29, 0.717) is 34.7 Å². The fourth-order valence-corrected chi connectivity index (χ4v) is 4.12. The summed E-state index contributed by atoms with van der Waals surface area (Å²) in [6.45, 7) is 1.97. The zero-order valence-electron chi connectivity index (χ0n) is 19.4. The number of anilines is 1. The quantitative estimate of drug-likeness (QED) is 0.519. The van der Waals surface area contributed by atoms with Crippen molar-refractivity contribution in [1.82, 2.24) is 10.2 Å². The van der Waals surface area contributed by atoms with Crippen LogP contribution in [0.15, 0.2) is 66.7 Å². The smallest absolute Gasteiger partial charge is 0.255 e. The molecular weight excluding hydrogens is 452 g/mol. The highest BCUT2D eigenvalue weighted by molar-refractivity contribution is 6.09. The molecule has 1 heterocycles. The van der Waals surface area contributed by atoms with Gasteiger partial charge in [-0.15, -0.1) is 0 Å². The summed E-state index contributed by atoms with van der Waals surface area (Å²) in [6.07, 6.45) is 1.46. The Morgan fingerprint density at radius 1 is 0.943 bits per heavy atom. The Bertz CT molecular complexity index is 1190. The maximum Gasteiger partial charge on any atom is 0.255 e. The maximum atomic E-state index is 13.5. The van der Waals surface area contributed by atoms with Crippen LogP contribution in [-0.2, 0) is 6.54 Å². The van der Waals surface area contributed by atoms with Gasteiger partial charge in [0.25, 0.3) is 11.8 Å². The molecule has 4 rings (SSSR count). The van der Waals surface area contributed by atoms with Gasteiger partial charge in [-0.3, -0.25) is 14.5 Å². The van der Waals surface area contributed by atoms with E-state index in [1.165, 1.54) is 6.07 Å². The molecule has 1 aliphatic heterocycles. The number of nitrogens with zero attached hydrogens (tertiary/aromatic N) is 1. The number of hydrogen-bond acceptors (Lipinski definition) is 4. The molecule has 6 nitrogen and oxygen atoms in total. The van der Waals surface area contributed by atoms with Crippen LogP contribution < -0.4 is 15.4 Å². The van der Waals surface area contributed by atoms with Gasteiger partial charge >= 0.3 is 0 Å². The largest absolute Gasteiger partial charge is 0.497 e. The van der Waals surface area contributed by atoms with Crippen LogP contribution in [0.4, 0.5) is 14.5 Å². The molecular formula is C27H27F2N3O3. The molecule has 3 aromatic rings. The van der Waals surface area contributed by atoms with Crippen molar-refractivity contribution in [2.75, 3.05) is 25.5 Å². The van der Waals surface area contributed by atoms with Crippen molar-refractivity contribution in [3.8, 4) is 5.75 Å². The fraction of sp³-hybridized carbons (Fsp3) is 0.259. The van der Waals surface area contributed by atoms with Crippen molar-refractivity contribution < 1.29 is 23.1 Å². The number of halogens is 2. The second kappa shape index (κ2) is 11.1. The number of ether oxygens (including phenoxy) is 1. The average Bonchev–Trinajstić information content (AvgIpc) is 2.87. The number of carbonyl (C=O) groups excluding carboxylic acids is 2. The number of methoxy groups -OCH3 is 1. The molecule has 0 atom stereocenters. The average molecular weight is 480 g/mol. The van der Waals surface area contributed by atoms with Crippen LogP contribution in [0.1, 0.15) is 39.1 Å². The van der Waals surface area contributed by atoms with E-state index in [-0.39, 0.29) is 17.9 Å².